The monoisotopic (exact) mass is 825 g/mol. The van der Waals surface area contributed by atoms with Crippen LogP contribution in [0.4, 0.5) is 0 Å². The fourth-order valence-electron chi connectivity index (χ4n) is 6.70. The minimum atomic E-state index is -0.783. The molecule has 340 valence electrons. The molecule has 0 radical (unpaired) electrons. The summed E-state index contributed by atoms with van der Waals surface area (Å²) < 4.78 is 16.7. The number of hydrogen-bond donors (Lipinski definition) is 0. The van der Waals surface area contributed by atoms with Crippen LogP contribution >= 0.6 is 0 Å². The van der Waals surface area contributed by atoms with Crippen molar-refractivity contribution >= 4 is 17.9 Å². The van der Waals surface area contributed by atoms with Gasteiger partial charge in [-0.1, -0.05) is 197 Å². The van der Waals surface area contributed by atoms with E-state index in [9.17, 15) is 14.4 Å². The summed E-state index contributed by atoms with van der Waals surface area (Å²) in [6, 6.07) is 0. The molecule has 0 rings (SSSR count). The van der Waals surface area contributed by atoms with E-state index in [1.165, 1.54) is 96.3 Å². The highest BCUT2D eigenvalue weighted by Crippen LogP contribution is 2.14. The van der Waals surface area contributed by atoms with Crippen molar-refractivity contribution in [2.45, 2.75) is 245 Å². The lowest BCUT2D eigenvalue weighted by Gasteiger charge is -2.18. The number of unbranched alkanes of at least 4 members (excludes halogenated alkanes) is 23. The second kappa shape index (κ2) is 47.8. The van der Waals surface area contributed by atoms with Gasteiger partial charge in [-0.25, -0.2) is 0 Å². The van der Waals surface area contributed by atoms with Gasteiger partial charge >= 0.3 is 17.9 Å². The lowest BCUT2D eigenvalue weighted by Crippen LogP contribution is -2.30. The summed E-state index contributed by atoms with van der Waals surface area (Å²) in [7, 11) is 0. The van der Waals surface area contributed by atoms with Gasteiger partial charge in [0.25, 0.3) is 0 Å². The quantitative estimate of drug-likeness (QED) is 0.0263. The molecule has 0 aromatic carbocycles. The molecule has 1 unspecified atom stereocenters. The first-order valence-corrected chi connectivity index (χ1v) is 24.8. The average molecular weight is 825 g/mol. The number of esters is 3. The Kier molecular flexibility index (Phi) is 45.4. The number of carbonyl (C=O) groups is 3. The Morgan fingerprint density at radius 2 is 0.627 bits per heavy atom. The first-order chi connectivity index (χ1) is 29.0. The molecule has 0 aromatic heterocycles. The molecule has 0 bridgehead atoms. The number of rotatable bonds is 44. The molecule has 0 saturated carbocycles. The van der Waals surface area contributed by atoms with Crippen molar-refractivity contribution in [2.24, 2.45) is 0 Å². The smallest absolute Gasteiger partial charge is 0.306 e. The molecular formula is C53H92O6. The van der Waals surface area contributed by atoms with Gasteiger partial charge in [0.05, 0.1) is 0 Å². The van der Waals surface area contributed by atoms with Gasteiger partial charge in [0, 0.05) is 19.3 Å². The van der Waals surface area contributed by atoms with Crippen molar-refractivity contribution in [3.05, 3.63) is 60.8 Å². The van der Waals surface area contributed by atoms with Crippen LogP contribution in [0.15, 0.2) is 60.8 Å². The Hall–Kier alpha value is -2.89. The van der Waals surface area contributed by atoms with E-state index in [0.29, 0.717) is 19.3 Å². The third-order valence-corrected chi connectivity index (χ3v) is 10.5. The van der Waals surface area contributed by atoms with E-state index < -0.39 is 6.10 Å². The molecule has 6 heteroatoms. The summed E-state index contributed by atoms with van der Waals surface area (Å²) in [5.41, 5.74) is 0. The molecule has 59 heavy (non-hydrogen) atoms. The van der Waals surface area contributed by atoms with Gasteiger partial charge in [-0.15, -0.1) is 0 Å². The van der Waals surface area contributed by atoms with Gasteiger partial charge in [0.1, 0.15) is 13.2 Å². The molecule has 0 spiro atoms. The van der Waals surface area contributed by atoms with Gasteiger partial charge in [0.2, 0.25) is 0 Å². The van der Waals surface area contributed by atoms with Gasteiger partial charge in [-0.3, -0.25) is 14.4 Å². The van der Waals surface area contributed by atoms with Crippen LogP contribution in [0.2, 0.25) is 0 Å². The molecule has 0 aliphatic heterocycles. The number of ether oxygens (including phenoxy) is 3. The predicted molar refractivity (Wildman–Crippen MR) is 251 cm³/mol. The van der Waals surface area contributed by atoms with Crippen molar-refractivity contribution in [2.75, 3.05) is 13.2 Å². The maximum Gasteiger partial charge on any atom is 0.306 e. The van der Waals surface area contributed by atoms with Crippen LogP contribution in [0, 0.1) is 0 Å². The lowest BCUT2D eigenvalue weighted by atomic mass is 10.1. The van der Waals surface area contributed by atoms with Gasteiger partial charge in [0.15, 0.2) is 6.10 Å². The summed E-state index contributed by atoms with van der Waals surface area (Å²) in [6.45, 7) is 6.51. The van der Waals surface area contributed by atoms with E-state index in [4.69, 9.17) is 14.2 Å². The maximum absolute atomic E-state index is 12.7. The second-order valence-electron chi connectivity index (χ2n) is 16.4. The van der Waals surface area contributed by atoms with Crippen LogP contribution in [0.1, 0.15) is 239 Å². The van der Waals surface area contributed by atoms with Crippen molar-refractivity contribution in [3.63, 3.8) is 0 Å². The molecule has 0 heterocycles. The number of hydrogen-bond acceptors (Lipinski definition) is 6. The molecule has 0 fully saturated rings. The van der Waals surface area contributed by atoms with Gasteiger partial charge in [-0.05, 0) is 83.5 Å². The zero-order valence-electron chi connectivity index (χ0n) is 38.8. The zero-order chi connectivity index (χ0) is 43.0. The van der Waals surface area contributed by atoms with Crippen LogP contribution in [0.5, 0.6) is 0 Å². The minimum Gasteiger partial charge on any atom is -0.462 e. The molecule has 6 nitrogen and oxygen atoms in total. The average Bonchev–Trinajstić information content (AvgIpc) is 3.23. The number of carbonyl (C=O) groups excluding carboxylic acids is 3. The maximum atomic E-state index is 12.7. The van der Waals surface area contributed by atoms with Crippen molar-refractivity contribution in [1.29, 1.82) is 0 Å². The van der Waals surface area contributed by atoms with E-state index in [-0.39, 0.29) is 31.1 Å². The molecule has 0 amide bonds. The van der Waals surface area contributed by atoms with Crippen LogP contribution in [0.3, 0.4) is 0 Å². The molecule has 0 saturated heterocycles. The first-order valence-electron chi connectivity index (χ1n) is 24.8. The highest BCUT2D eigenvalue weighted by molar-refractivity contribution is 5.71. The Bertz CT molecular complexity index is 1090. The Morgan fingerprint density at radius 3 is 1.03 bits per heavy atom. The lowest BCUT2D eigenvalue weighted by molar-refractivity contribution is -0.167. The summed E-state index contributed by atoms with van der Waals surface area (Å²) in [4.78, 5) is 37.8. The Morgan fingerprint density at radius 1 is 0.339 bits per heavy atom. The summed E-state index contributed by atoms with van der Waals surface area (Å²) in [5.74, 6) is -0.914. The fourth-order valence-corrected chi connectivity index (χ4v) is 6.70. The third-order valence-electron chi connectivity index (χ3n) is 10.5. The van der Waals surface area contributed by atoms with Crippen molar-refractivity contribution in [3.8, 4) is 0 Å². The standard InChI is InChI=1S/C53H92O6/c1-4-7-10-13-16-19-21-23-25-26-27-28-29-31-32-34-37-40-43-46-52(55)58-49-50(48-57-51(54)45-42-39-36-18-15-12-9-6-3)59-53(56)47-44-41-38-35-33-30-24-22-20-17-14-11-8-5-2/h14,16-17,19,22-25,27-28,50H,4-13,15,18,20-21,26,29-49H2,1-3H3/b17-14-,19-16-,24-22-,25-23-,28-27-. The molecule has 1 atom stereocenters. The van der Waals surface area contributed by atoms with Gasteiger partial charge < -0.3 is 14.2 Å². The minimum absolute atomic E-state index is 0.0837. The van der Waals surface area contributed by atoms with E-state index in [0.717, 1.165) is 103 Å². The summed E-state index contributed by atoms with van der Waals surface area (Å²) in [6.07, 6.45) is 57.8. The molecule has 0 aromatic rings. The van der Waals surface area contributed by atoms with Crippen LogP contribution in [-0.4, -0.2) is 37.2 Å². The van der Waals surface area contributed by atoms with E-state index in [2.05, 4.69) is 81.5 Å². The van der Waals surface area contributed by atoms with Crippen molar-refractivity contribution in [1.82, 2.24) is 0 Å². The Balaban J connectivity index is 4.34. The second-order valence-corrected chi connectivity index (χ2v) is 16.4. The Labute approximate surface area is 364 Å². The summed E-state index contributed by atoms with van der Waals surface area (Å²) in [5, 5.41) is 0. The van der Waals surface area contributed by atoms with Crippen LogP contribution < -0.4 is 0 Å². The topological polar surface area (TPSA) is 78.9 Å². The highest BCUT2D eigenvalue weighted by atomic mass is 16.6. The normalized spacial score (nSPS) is 12.5. The molecule has 0 aliphatic rings. The highest BCUT2D eigenvalue weighted by Gasteiger charge is 2.19. The third kappa shape index (κ3) is 46.0. The molecule has 0 N–H and O–H groups in total. The van der Waals surface area contributed by atoms with E-state index in [1.54, 1.807) is 0 Å². The SMILES string of the molecule is CCCC/C=C\C/C=C\CCCCCCCC(=O)OC(COC(=O)CCCCCCCC/C=C\C/C=C\C/C=C\CCCCC)COC(=O)CCCCCCCCCC. The zero-order valence-corrected chi connectivity index (χ0v) is 38.8. The fraction of sp³-hybridized carbons (Fsp3) is 0.755. The summed E-state index contributed by atoms with van der Waals surface area (Å²) >= 11 is 0. The van der Waals surface area contributed by atoms with Crippen molar-refractivity contribution < 1.29 is 28.6 Å². The molecular weight excluding hydrogens is 733 g/mol. The van der Waals surface area contributed by atoms with E-state index >= 15 is 0 Å². The first kappa shape index (κ1) is 56.1. The van der Waals surface area contributed by atoms with E-state index in [1.807, 2.05) is 0 Å². The van der Waals surface area contributed by atoms with Crippen LogP contribution in [0.25, 0.3) is 0 Å². The van der Waals surface area contributed by atoms with Crippen LogP contribution in [-0.2, 0) is 28.6 Å². The molecule has 0 aliphatic carbocycles. The largest absolute Gasteiger partial charge is 0.462 e. The number of allylic oxidation sites excluding steroid dienone is 10. The van der Waals surface area contributed by atoms with Gasteiger partial charge in [-0.2, -0.15) is 0 Å². The predicted octanol–water partition coefficient (Wildman–Crippen LogP) is 16.1.